The van der Waals surface area contributed by atoms with Gasteiger partial charge in [-0.05, 0) is 26.7 Å². The maximum absolute atomic E-state index is 10.8. The fourth-order valence-electron chi connectivity index (χ4n) is 1.54. The standard InChI is InChI=1S/C12H17N3O3/c1-7-5-9(13-6-12(2,18)11(16)17)15-10(14-7)8-3-4-8/h5,8,18H,3-4,6H2,1-2H3,(H,16,17)(H,13,14,15). The van der Waals surface area contributed by atoms with E-state index in [9.17, 15) is 9.90 Å². The van der Waals surface area contributed by atoms with Crippen molar-refractivity contribution in [3.05, 3.63) is 17.6 Å². The molecule has 0 amide bonds. The van der Waals surface area contributed by atoms with Gasteiger partial charge >= 0.3 is 5.97 Å². The van der Waals surface area contributed by atoms with Gasteiger partial charge in [0.2, 0.25) is 0 Å². The van der Waals surface area contributed by atoms with Crippen molar-refractivity contribution in [1.29, 1.82) is 0 Å². The van der Waals surface area contributed by atoms with E-state index in [1.165, 1.54) is 6.92 Å². The average Bonchev–Trinajstić information content (AvgIpc) is 3.09. The Morgan fingerprint density at radius 3 is 2.78 bits per heavy atom. The Bertz CT molecular complexity index is 470. The molecule has 98 valence electrons. The summed E-state index contributed by atoms with van der Waals surface area (Å²) in [4.78, 5) is 19.4. The van der Waals surface area contributed by atoms with Gasteiger partial charge in [0, 0.05) is 17.7 Å². The zero-order valence-electron chi connectivity index (χ0n) is 10.5. The number of nitrogens with zero attached hydrogens (tertiary/aromatic N) is 2. The van der Waals surface area contributed by atoms with Gasteiger partial charge in [-0.3, -0.25) is 0 Å². The van der Waals surface area contributed by atoms with Gasteiger partial charge in [-0.25, -0.2) is 14.8 Å². The lowest BCUT2D eigenvalue weighted by Crippen LogP contribution is -2.42. The molecule has 1 fully saturated rings. The molecule has 3 N–H and O–H groups in total. The number of anilines is 1. The molecule has 0 radical (unpaired) electrons. The van der Waals surface area contributed by atoms with Crippen LogP contribution in [0.25, 0.3) is 0 Å². The average molecular weight is 251 g/mol. The van der Waals surface area contributed by atoms with Gasteiger partial charge in [0.1, 0.15) is 11.6 Å². The first-order valence-corrected chi connectivity index (χ1v) is 5.94. The fourth-order valence-corrected chi connectivity index (χ4v) is 1.54. The molecule has 1 heterocycles. The number of carboxylic acids is 1. The number of aryl methyl sites for hydroxylation is 1. The van der Waals surface area contributed by atoms with Crippen molar-refractivity contribution in [3.8, 4) is 0 Å². The Balaban J connectivity index is 2.07. The predicted octanol–water partition coefficient (Wildman–Crippen LogP) is 0.910. The van der Waals surface area contributed by atoms with Gasteiger partial charge in [-0.15, -0.1) is 0 Å². The lowest BCUT2D eigenvalue weighted by Gasteiger charge is -2.19. The Morgan fingerprint density at radius 2 is 2.22 bits per heavy atom. The monoisotopic (exact) mass is 251 g/mol. The minimum absolute atomic E-state index is 0.0944. The highest BCUT2D eigenvalue weighted by Crippen LogP contribution is 2.38. The Hall–Kier alpha value is -1.69. The summed E-state index contributed by atoms with van der Waals surface area (Å²) < 4.78 is 0. The molecule has 1 aliphatic rings. The normalized spacial score (nSPS) is 18.2. The summed E-state index contributed by atoms with van der Waals surface area (Å²) >= 11 is 0. The Kier molecular flexibility index (Phi) is 3.21. The van der Waals surface area contributed by atoms with Crippen molar-refractivity contribution < 1.29 is 15.0 Å². The summed E-state index contributed by atoms with van der Waals surface area (Å²) in [5, 5.41) is 21.3. The zero-order valence-corrected chi connectivity index (χ0v) is 10.5. The molecule has 1 aromatic rings. The molecule has 1 saturated carbocycles. The predicted molar refractivity (Wildman–Crippen MR) is 65.5 cm³/mol. The van der Waals surface area contributed by atoms with Crippen LogP contribution in [0.2, 0.25) is 0 Å². The first-order valence-electron chi connectivity index (χ1n) is 5.94. The summed E-state index contributed by atoms with van der Waals surface area (Å²) in [6.45, 7) is 3.02. The first kappa shape index (κ1) is 12.8. The Morgan fingerprint density at radius 1 is 1.56 bits per heavy atom. The number of carboxylic acid groups (broad SMARTS) is 1. The lowest BCUT2D eigenvalue weighted by atomic mass is 10.1. The van der Waals surface area contributed by atoms with Crippen LogP contribution < -0.4 is 5.32 Å². The topological polar surface area (TPSA) is 95.3 Å². The first-order chi connectivity index (χ1) is 8.38. The molecule has 0 spiro atoms. The van der Waals surface area contributed by atoms with E-state index < -0.39 is 11.6 Å². The molecule has 1 aromatic heterocycles. The zero-order chi connectivity index (χ0) is 13.3. The summed E-state index contributed by atoms with van der Waals surface area (Å²) in [5.74, 6) is 0.534. The number of hydrogen-bond donors (Lipinski definition) is 3. The van der Waals surface area contributed by atoms with Gasteiger partial charge < -0.3 is 15.5 Å². The van der Waals surface area contributed by atoms with Gasteiger partial charge in [0.05, 0.1) is 6.54 Å². The van der Waals surface area contributed by atoms with Gasteiger partial charge in [0.15, 0.2) is 5.60 Å². The molecule has 2 rings (SSSR count). The highest BCUT2D eigenvalue weighted by molar-refractivity contribution is 5.77. The lowest BCUT2D eigenvalue weighted by molar-refractivity contribution is -0.155. The maximum atomic E-state index is 10.8. The van der Waals surface area contributed by atoms with E-state index >= 15 is 0 Å². The van der Waals surface area contributed by atoms with Crippen LogP contribution in [0.15, 0.2) is 6.07 Å². The van der Waals surface area contributed by atoms with E-state index in [-0.39, 0.29) is 6.54 Å². The minimum Gasteiger partial charge on any atom is -0.479 e. The van der Waals surface area contributed by atoms with Crippen LogP contribution in [0.1, 0.15) is 37.2 Å². The number of hydrogen-bond acceptors (Lipinski definition) is 5. The largest absolute Gasteiger partial charge is 0.479 e. The van der Waals surface area contributed by atoms with Crippen molar-refractivity contribution in [2.45, 2.75) is 38.2 Å². The van der Waals surface area contributed by atoms with Crippen molar-refractivity contribution >= 4 is 11.8 Å². The SMILES string of the molecule is Cc1cc(NCC(C)(O)C(=O)O)nc(C2CC2)n1. The molecule has 0 aromatic carbocycles. The minimum atomic E-state index is -1.81. The molecule has 6 nitrogen and oxygen atoms in total. The smallest absolute Gasteiger partial charge is 0.337 e. The van der Waals surface area contributed by atoms with E-state index in [0.717, 1.165) is 24.4 Å². The van der Waals surface area contributed by atoms with Crippen LogP contribution in [-0.4, -0.2) is 38.3 Å². The number of aliphatic hydroxyl groups is 1. The highest BCUT2D eigenvalue weighted by atomic mass is 16.4. The molecule has 18 heavy (non-hydrogen) atoms. The van der Waals surface area contributed by atoms with Crippen molar-refractivity contribution in [1.82, 2.24) is 9.97 Å². The highest BCUT2D eigenvalue weighted by Gasteiger charge is 2.30. The van der Waals surface area contributed by atoms with Crippen molar-refractivity contribution in [2.75, 3.05) is 11.9 Å². The van der Waals surface area contributed by atoms with Gasteiger partial charge in [-0.2, -0.15) is 0 Å². The molecular weight excluding hydrogens is 234 g/mol. The molecule has 0 bridgehead atoms. The van der Waals surface area contributed by atoms with Crippen molar-refractivity contribution in [2.24, 2.45) is 0 Å². The Labute approximate surface area is 105 Å². The van der Waals surface area contributed by atoms with Crippen LogP contribution in [-0.2, 0) is 4.79 Å². The summed E-state index contributed by atoms with van der Waals surface area (Å²) in [5.41, 5.74) is -0.970. The van der Waals surface area contributed by atoms with Crippen LogP contribution in [0, 0.1) is 6.92 Å². The second-order valence-electron chi connectivity index (χ2n) is 4.96. The second kappa shape index (κ2) is 4.53. The molecule has 1 aliphatic carbocycles. The van der Waals surface area contributed by atoms with E-state index in [1.54, 1.807) is 6.07 Å². The number of aromatic nitrogens is 2. The number of aliphatic carboxylic acids is 1. The molecule has 6 heteroatoms. The molecule has 1 unspecified atom stereocenters. The van der Waals surface area contributed by atoms with Gasteiger partial charge in [-0.1, -0.05) is 0 Å². The molecular formula is C12H17N3O3. The third-order valence-corrected chi connectivity index (χ3v) is 2.89. The van der Waals surface area contributed by atoms with E-state index in [0.29, 0.717) is 11.7 Å². The second-order valence-corrected chi connectivity index (χ2v) is 4.96. The third kappa shape index (κ3) is 2.95. The van der Waals surface area contributed by atoms with Crippen LogP contribution in [0.5, 0.6) is 0 Å². The molecule has 1 atom stereocenters. The fraction of sp³-hybridized carbons (Fsp3) is 0.583. The molecule has 0 saturated heterocycles. The molecule has 0 aliphatic heterocycles. The summed E-state index contributed by atoms with van der Waals surface area (Å²) in [6, 6.07) is 1.74. The van der Waals surface area contributed by atoms with Gasteiger partial charge in [0.25, 0.3) is 0 Å². The quantitative estimate of drug-likeness (QED) is 0.720. The van der Waals surface area contributed by atoms with E-state index in [2.05, 4.69) is 15.3 Å². The number of nitrogens with one attached hydrogen (secondary N) is 1. The number of rotatable bonds is 5. The van der Waals surface area contributed by atoms with Crippen LogP contribution in [0.3, 0.4) is 0 Å². The van der Waals surface area contributed by atoms with Crippen LogP contribution >= 0.6 is 0 Å². The maximum Gasteiger partial charge on any atom is 0.337 e. The van der Waals surface area contributed by atoms with E-state index in [1.807, 2.05) is 6.92 Å². The number of carbonyl (C=O) groups is 1. The third-order valence-electron chi connectivity index (χ3n) is 2.89. The van der Waals surface area contributed by atoms with Crippen LogP contribution in [0.4, 0.5) is 5.82 Å². The van der Waals surface area contributed by atoms with Crippen molar-refractivity contribution in [3.63, 3.8) is 0 Å². The summed E-state index contributed by atoms with van der Waals surface area (Å²) in [6.07, 6.45) is 2.21. The van der Waals surface area contributed by atoms with E-state index in [4.69, 9.17) is 5.11 Å². The summed E-state index contributed by atoms with van der Waals surface area (Å²) in [7, 11) is 0.